The summed E-state index contributed by atoms with van der Waals surface area (Å²) in [4.78, 5) is 0. The Hall–Kier alpha value is -0.820. The maximum atomic E-state index is 3.41. The minimum atomic E-state index is 0.629. The lowest BCUT2D eigenvalue weighted by Crippen LogP contribution is -2.24. The van der Waals surface area contributed by atoms with Gasteiger partial charge in [-0.15, -0.1) is 0 Å². The quantitative estimate of drug-likeness (QED) is 0.777. The highest BCUT2D eigenvalue weighted by atomic mass is 14.8. The minimum Gasteiger partial charge on any atom is -0.317 e. The van der Waals surface area contributed by atoms with E-state index in [0.717, 1.165) is 13.1 Å². The zero-order chi connectivity index (χ0) is 11.3. The second-order valence-corrected chi connectivity index (χ2v) is 4.49. The highest BCUT2D eigenvalue weighted by Crippen LogP contribution is 2.24. The molecule has 1 N–H and O–H groups in total. The third-order valence-corrected chi connectivity index (χ3v) is 3.14. The predicted octanol–water partition coefficient (Wildman–Crippen LogP) is 3.34. The highest BCUT2D eigenvalue weighted by Gasteiger charge is 2.13. The monoisotopic (exact) mass is 205 g/mol. The van der Waals surface area contributed by atoms with E-state index >= 15 is 0 Å². The zero-order valence-electron chi connectivity index (χ0n) is 10.4. The standard InChI is InChI=1S/C14H23N/c1-5-15-10-12(3)13(4)14-8-6-7-11(2)9-14/h6-9,12-13,15H,5,10H2,1-4H3. The molecule has 0 aromatic heterocycles. The summed E-state index contributed by atoms with van der Waals surface area (Å²) in [6, 6.07) is 8.85. The largest absolute Gasteiger partial charge is 0.317 e. The first-order chi connectivity index (χ1) is 7.15. The molecule has 84 valence electrons. The Morgan fingerprint density at radius 2 is 2.00 bits per heavy atom. The summed E-state index contributed by atoms with van der Waals surface area (Å²) < 4.78 is 0. The van der Waals surface area contributed by atoms with Crippen molar-refractivity contribution in [2.24, 2.45) is 5.92 Å². The van der Waals surface area contributed by atoms with Crippen molar-refractivity contribution >= 4 is 0 Å². The fourth-order valence-electron chi connectivity index (χ4n) is 1.83. The highest BCUT2D eigenvalue weighted by molar-refractivity contribution is 5.25. The first kappa shape index (κ1) is 12.3. The summed E-state index contributed by atoms with van der Waals surface area (Å²) in [5, 5.41) is 3.41. The Kier molecular flexibility index (Phi) is 4.83. The molecule has 0 bridgehead atoms. The zero-order valence-corrected chi connectivity index (χ0v) is 10.4. The molecule has 0 saturated carbocycles. The molecule has 1 rings (SSSR count). The molecule has 0 aliphatic rings. The molecular weight excluding hydrogens is 182 g/mol. The van der Waals surface area contributed by atoms with Crippen LogP contribution in [0.15, 0.2) is 24.3 Å². The van der Waals surface area contributed by atoms with Crippen molar-refractivity contribution in [3.05, 3.63) is 35.4 Å². The van der Waals surface area contributed by atoms with Crippen molar-refractivity contribution in [1.29, 1.82) is 0 Å². The van der Waals surface area contributed by atoms with Gasteiger partial charge in [-0.05, 0) is 37.4 Å². The number of hydrogen-bond donors (Lipinski definition) is 1. The topological polar surface area (TPSA) is 12.0 Å². The van der Waals surface area contributed by atoms with Gasteiger partial charge < -0.3 is 5.32 Å². The third-order valence-electron chi connectivity index (χ3n) is 3.14. The molecule has 2 atom stereocenters. The molecule has 0 aliphatic heterocycles. The van der Waals surface area contributed by atoms with Crippen molar-refractivity contribution in [3.63, 3.8) is 0 Å². The second-order valence-electron chi connectivity index (χ2n) is 4.49. The van der Waals surface area contributed by atoms with Crippen molar-refractivity contribution in [3.8, 4) is 0 Å². The van der Waals surface area contributed by atoms with E-state index in [0.29, 0.717) is 11.8 Å². The third kappa shape index (κ3) is 3.67. The van der Waals surface area contributed by atoms with Gasteiger partial charge in [0.15, 0.2) is 0 Å². The minimum absolute atomic E-state index is 0.629. The molecule has 0 heterocycles. The molecule has 1 nitrogen and oxygen atoms in total. The molecule has 1 aromatic carbocycles. The van der Waals surface area contributed by atoms with Crippen LogP contribution in [0.5, 0.6) is 0 Å². The van der Waals surface area contributed by atoms with Crippen LogP contribution in [0.1, 0.15) is 37.8 Å². The Bertz CT molecular complexity index is 293. The summed E-state index contributed by atoms with van der Waals surface area (Å²) >= 11 is 0. The maximum absolute atomic E-state index is 3.41. The molecular formula is C14H23N. The van der Waals surface area contributed by atoms with Gasteiger partial charge in [0.25, 0.3) is 0 Å². The van der Waals surface area contributed by atoms with E-state index in [4.69, 9.17) is 0 Å². The maximum Gasteiger partial charge on any atom is -0.00175 e. The SMILES string of the molecule is CCNCC(C)C(C)c1cccc(C)c1. The average molecular weight is 205 g/mol. The lowest BCUT2D eigenvalue weighted by Gasteiger charge is -2.20. The smallest absolute Gasteiger partial charge is 0.00175 e. The Morgan fingerprint density at radius 1 is 1.27 bits per heavy atom. The van der Waals surface area contributed by atoms with Gasteiger partial charge in [0.05, 0.1) is 0 Å². The molecule has 0 saturated heterocycles. The van der Waals surface area contributed by atoms with E-state index in [-0.39, 0.29) is 0 Å². The van der Waals surface area contributed by atoms with Crippen LogP contribution in [0.25, 0.3) is 0 Å². The van der Waals surface area contributed by atoms with Gasteiger partial charge in [0, 0.05) is 0 Å². The number of rotatable bonds is 5. The van der Waals surface area contributed by atoms with Crippen molar-refractivity contribution in [2.45, 2.75) is 33.6 Å². The predicted molar refractivity (Wildman–Crippen MR) is 67.3 cm³/mol. The summed E-state index contributed by atoms with van der Waals surface area (Å²) in [6.07, 6.45) is 0. The van der Waals surface area contributed by atoms with Crippen LogP contribution < -0.4 is 5.32 Å². The van der Waals surface area contributed by atoms with Crippen LogP contribution in [0.2, 0.25) is 0 Å². The molecule has 0 aliphatic carbocycles. The van der Waals surface area contributed by atoms with Crippen LogP contribution >= 0.6 is 0 Å². The fourth-order valence-corrected chi connectivity index (χ4v) is 1.83. The fraction of sp³-hybridized carbons (Fsp3) is 0.571. The van der Waals surface area contributed by atoms with Gasteiger partial charge in [0.2, 0.25) is 0 Å². The molecule has 1 heteroatoms. The Morgan fingerprint density at radius 3 is 2.60 bits per heavy atom. The van der Waals surface area contributed by atoms with E-state index < -0.39 is 0 Å². The second kappa shape index (κ2) is 5.92. The van der Waals surface area contributed by atoms with Gasteiger partial charge in [-0.3, -0.25) is 0 Å². The van der Waals surface area contributed by atoms with Gasteiger partial charge in [-0.1, -0.05) is 50.6 Å². The number of hydrogen-bond acceptors (Lipinski definition) is 1. The Balaban J connectivity index is 2.62. The van der Waals surface area contributed by atoms with Crippen LogP contribution in [0.4, 0.5) is 0 Å². The van der Waals surface area contributed by atoms with Crippen LogP contribution in [-0.4, -0.2) is 13.1 Å². The summed E-state index contributed by atoms with van der Waals surface area (Å²) in [5.74, 6) is 1.32. The molecule has 0 fully saturated rings. The lowest BCUT2D eigenvalue weighted by molar-refractivity contribution is 0.454. The van der Waals surface area contributed by atoms with E-state index in [1.165, 1.54) is 11.1 Å². The first-order valence-corrected chi connectivity index (χ1v) is 5.92. The Labute approximate surface area is 93.9 Å². The molecule has 0 amide bonds. The van der Waals surface area contributed by atoms with Crippen LogP contribution in [0, 0.1) is 12.8 Å². The van der Waals surface area contributed by atoms with Crippen molar-refractivity contribution in [2.75, 3.05) is 13.1 Å². The number of aryl methyl sites for hydroxylation is 1. The van der Waals surface area contributed by atoms with Gasteiger partial charge >= 0.3 is 0 Å². The lowest BCUT2D eigenvalue weighted by atomic mass is 9.88. The summed E-state index contributed by atoms with van der Waals surface area (Å²) in [5.41, 5.74) is 2.82. The summed E-state index contributed by atoms with van der Waals surface area (Å²) in [6.45, 7) is 11.1. The molecule has 15 heavy (non-hydrogen) atoms. The molecule has 0 radical (unpaired) electrons. The van der Waals surface area contributed by atoms with E-state index in [1.54, 1.807) is 0 Å². The van der Waals surface area contributed by atoms with E-state index in [9.17, 15) is 0 Å². The van der Waals surface area contributed by atoms with Crippen LogP contribution in [0.3, 0.4) is 0 Å². The number of nitrogens with one attached hydrogen (secondary N) is 1. The molecule has 0 spiro atoms. The first-order valence-electron chi connectivity index (χ1n) is 5.92. The average Bonchev–Trinajstić information content (AvgIpc) is 2.24. The summed E-state index contributed by atoms with van der Waals surface area (Å²) in [7, 11) is 0. The number of benzene rings is 1. The normalized spacial score (nSPS) is 14.9. The van der Waals surface area contributed by atoms with Gasteiger partial charge in [-0.2, -0.15) is 0 Å². The van der Waals surface area contributed by atoms with Gasteiger partial charge in [-0.25, -0.2) is 0 Å². The molecule has 2 unspecified atom stereocenters. The van der Waals surface area contributed by atoms with E-state index in [2.05, 4.69) is 57.3 Å². The molecule has 1 aromatic rings. The van der Waals surface area contributed by atoms with Crippen molar-refractivity contribution < 1.29 is 0 Å². The van der Waals surface area contributed by atoms with Crippen molar-refractivity contribution in [1.82, 2.24) is 5.32 Å². The van der Waals surface area contributed by atoms with Gasteiger partial charge in [0.1, 0.15) is 0 Å². The van der Waals surface area contributed by atoms with E-state index in [1.807, 2.05) is 0 Å². The van der Waals surface area contributed by atoms with Crippen LogP contribution in [-0.2, 0) is 0 Å².